The molecule has 1 saturated carbocycles. The first-order valence-corrected chi connectivity index (χ1v) is 22.2. The molecule has 0 spiro atoms. The second-order valence-electron chi connectivity index (χ2n) is 17.1. The van der Waals surface area contributed by atoms with Crippen LogP contribution >= 0.6 is 0 Å². The average Bonchev–Trinajstić information content (AvgIpc) is 3.83. The van der Waals surface area contributed by atoms with Crippen molar-refractivity contribution in [3.05, 3.63) is 179 Å². The molecule has 3 aliphatic rings. The van der Waals surface area contributed by atoms with Gasteiger partial charge >= 0.3 is 23.9 Å². The van der Waals surface area contributed by atoms with E-state index in [9.17, 15) is 24.0 Å². The van der Waals surface area contributed by atoms with Gasteiger partial charge in [-0.2, -0.15) is 0 Å². The van der Waals surface area contributed by atoms with E-state index in [-0.39, 0.29) is 46.5 Å². The minimum Gasteiger partial charge on any atom is -0.459 e. The van der Waals surface area contributed by atoms with Gasteiger partial charge in [0.15, 0.2) is 24.5 Å². The Bertz CT molecular complexity index is 2550. The number of fused-ring (bicyclic) bond motifs is 1. The maximum atomic E-state index is 14.0. The van der Waals surface area contributed by atoms with Crippen molar-refractivity contribution in [1.82, 2.24) is 20.3 Å². The van der Waals surface area contributed by atoms with Crippen LogP contribution in [-0.4, -0.2) is 75.8 Å². The van der Waals surface area contributed by atoms with E-state index >= 15 is 0 Å². The fourth-order valence-corrected chi connectivity index (χ4v) is 9.18. The first-order valence-electron chi connectivity index (χ1n) is 22.2. The van der Waals surface area contributed by atoms with Gasteiger partial charge in [-0.3, -0.25) is 4.79 Å². The molecule has 4 aromatic carbocycles. The van der Waals surface area contributed by atoms with Gasteiger partial charge in [0.05, 0.1) is 35.0 Å². The topological polar surface area (TPSA) is 174 Å². The summed E-state index contributed by atoms with van der Waals surface area (Å²) in [7, 11) is 0. The fraction of sp³-hybridized carbons (Fsp3) is 0.327. The second kappa shape index (κ2) is 20.8. The molecular weight excluding hydrogens is 841 g/mol. The van der Waals surface area contributed by atoms with E-state index < -0.39 is 61.1 Å². The Morgan fingerprint density at radius 2 is 1.21 bits per heavy atom. The Hall–Kier alpha value is -7.19. The molecule has 2 heterocycles. The van der Waals surface area contributed by atoms with E-state index in [1.807, 2.05) is 0 Å². The number of hydrogen-bond acceptors (Lipinski definition) is 12. The fourth-order valence-electron chi connectivity index (χ4n) is 9.18. The standard InChI is InChI=1S/C52H52N4O10/c1-32-24-26-40-33(2)25-27-41(42(40)28-32)34(3)47(57)53-29-39-30-56(55-54-39)48-46(66-52(61)38-22-14-7-15-23-38)45(65-51(60)37-20-12-6-13-21-37)44(64-50(59)36-18-10-5-11-19-36)43(63-48)31-62-49(58)35-16-8-4-9-17-35/h4-23,28,30,33,40-46,48H,3,24-27,29,31H2,1-2H3,(H,53,57)/t33-,40+,41+,42+,43?,44?,45?,46?,48?/m1/s1. The van der Waals surface area contributed by atoms with Gasteiger partial charge in [-0.1, -0.05) is 103 Å². The maximum absolute atomic E-state index is 14.0. The minimum atomic E-state index is -1.59. The third kappa shape index (κ3) is 10.5. The predicted molar refractivity (Wildman–Crippen MR) is 240 cm³/mol. The highest BCUT2D eigenvalue weighted by atomic mass is 16.7. The van der Waals surface area contributed by atoms with Crippen LogP contribution in [0.1, 0.15) is 92.9 Å². The number of ether oxygens (including phenoxy) is 5. The molecule has 340 valence electrons. The van der Waals surface area contributed by atoms with Crippen molar-refractivity contribution in [3.8, 4) is 0 Å². The zero-order valence-electron chi connectivity index (χ0n) is 36.8. The molecule has 0 radical (unpaired) electrons. The van der Waals surface area contributed by atoms with Crippen LogP contribution < -0.4 is 5.32 Å². The lowest BCUT2D eigenvalue weighted by molar-refractivity contribution is -0.252. The van der Waals surface area contributed by atoms with Crippen molar-refractivity contribution in [1.29, 1.82) is 0 Å². The van der Waals surface area contributed by atoms with Gasteiger partial charge < -0.3 is 29.0 Å². The molecule has 5 aromatic rings. The van der Waals surface area contributed by atoms with Crippen LogP contribution in [0, 0.1) is 23.7 Å². The Morgan fingerprint density at radius 3 is 1.77 bits per heavy atom. The highest BCUT2D eigenvalue weighted by Gasteiger charge is 2.54. The van der Waals surface area contributed by atoms with Crippen LogP contribution in [0.3, 0.4) is 0 Å². The number of carbonyl (C=O) groups excluding carboxylic acids is 5. The summed E-state index contributed by atoms with van der Waals surface area (Å²) in [5.74, 6) is -2.12. The highest BCUT2D eigenvalue weighted by Crippen LogP contribution is 2.47. The molecule has 14 nitrogen and oxygen atoms in total. The predicted octanol–water partition coefficient (Wildman–Crippen LogP) is 7.90. The molecule has 9 atom stereocenters. The molecule has 1 saturated heterocycles. The van der Waals surface area contributed by atoms with Gasteiger partial charge in [-0.05, 0) is 105 Å². The average molecular weight is 893 g/mol. The number of nitrogens with zero attached hydrogens (tertiary/aromatic N) is 3. The van der Waals surface area contributed by atoms with E-state index in [1.165, 1.54) is 16.5 Å². The summed E-state index contributed by atoms with van der Waals surface area (Å²) in [4.78, 5) is 69.0. The molecule has 2 fully saturated rings. The lowest BCUT2D eigenvalue weighted by atomic mass is 9.61. The van der Waals surface area contributed by atoms with Crippen LogP contribution in [0.25, 0.3) is 0 Å². The van der Waals surface area contributed by atoms with E-state index in [1.54, 1.807) is 121 Å². The second-order valence-corrected chi connectivity index (χ2v) is 17.1. The van der Waals surface area contributed by atoms with Crippen molar-refractivity contribution in [2.45, 2.75) is 76.7 Å². The number of aromatic nitrogens is 3. The first-order chi connectivity index (χ1) is 32.0. The minimum absolute atomic E-state index is 0.0141. The quantitative estimate of drug-likeness (QED) is 0.0495. The van der Waals surface area contributed by atoms with Crippen molar-refractivity contribution in [2.75, 3.05) is 6.61 Å². The molecule has 5 unspecified atom stereocenters. The third-order valence-electron chi connectivity index (χ3n) is 12.7. The summed E-state index contributed by atoms with van der Waals surface area (Å²) in [5, 5.41) is 11.6. The largest absolute Gasteiger partial charge is 0.459 e. The third-order valence-corrected chi connectivity index (χ3v) is 12.7. The Morgan fingerprint density at radius 1 is 0.697 bits per heavy atom. The van der Waals surface area contributed by atoms with E-state index in [2.05, 4.69) is 42.1 Å². The molecule has 1 N–H and O–H groups in total. The van der Waals surface area contributed by atoms with Crippen LogP contribution in [0.4, 0.5) is 0 Å². The van der Waals surface area contributed by atoms with Crippen LogP contribution in [0.5, 0.6) is 0 Å². The summed E-state index contributed by atoms with van der Waals surface area (Å²) >= 11 is 0. The smallest absolute Gasteiger partial charge is 0.338 e. The molecule has 1 aliphatic heterocycles. The van der Waals surface area contributed by atoms with Gasteiger partial charge in [-0.25, -0.2) is 23.9 Å². The number of esters is 4. The van der Waals surface area contributed by atoms with E-state index in [0.29, 0.717) is 23.1 Å². The molecule has 1 amide bonds. The van der Waals surface area contributed by atoms with Gasteiger partial charge in [0.25, 0.3) is 0 Å². The van der Waals surface area contributed by atoms with Gasteiger partial charge in [0.1, 0.15) is 18.4 Å². The summed E-state index contributed by atoms with van der Waals surface area (Å²) < 4.78 is 32.2. The molecular formula is C52H52N4O10. The Labute approximate surface area is 382 Å². The van der Waals surface area contributed by atoms with E-state index in [0.717, 1.165) is 25.7 Å². The maximum Gasteiger partial charge on any atom is 0.338 e. The number of amides is 1. The van der Waals surface area contributed by atoms with E-state index in [4.69, 9.17) is 23.7 Å². The van der Waals surface area contributed by atoms with Crippen LogP contribution in [0.2, 0.25) is 0 Å². The monoisotopic (exact) mass is 892 g/mol. The molecule has 14 heteroatoms. The molecule has 2 aliphatic carbocycles. The summed E-state index contributed by atoms with van der Waals surface area (Å²) in [6, 6.07) is 32.7. The number of carbonyl (C=O) groups is 5. The number of benzene rings is 4. The van der Waals surface area contributed by atoms with Gasteiger partial charge in [-0.15, -0.1) is 5.10 Å². The summed E-state index contributed by atoms with van der Waals surface area (Å²) in [6.45, 7) is 8.17. The Balaban J connectivity index is 1.12. The van der Waals surface area contributed by atoms with Crippen molar-refractivity contribution in [2.24, 2.45) is 23.7 Å². The van der Waals surface area contributed by atoms with Crippen LogP contribution in [0.15, 0.2) is 151 Å². The molecule has 8 rings (SSSR count). The van der Waals surface area contributed by atoms with Crippen molar-refractivity contribution in [3.63, 3.8) is 0 Å². The SMILES string of the molecule is C=C(C(=O)NCc1cn(C2OC(COC(=O)c3ccccc3)C(OC(=O)c3ccccc3)C(OC(=O)c3ccccc3)C2OC(=O)c2ccccc2)nn1)[C@@H]1CC[C@@H](C)[C@@H]2CCC(C)=C[C@@H]21. The first kappa shape index (κ1) is 45.4. The van der Waals surface area contributed by atoms with Crippen molar-refractivity contribution < 1.29 is 47.7 Å². The lowest BCUT2D eigenvalue weighted by Crippen LogP contribution is -2.61. The van der Waals surface area contributed by atoms with Gasteiger partial charge in [0, 0.05) is 5.57 Å². The number of rotatable bonds is 14. The summed E-state index contributed by atoms with van der Waals surface area (Å²) in [5.41, 5.74) is 2.91. The van der Waals surface area contributed by atoms with Crippen LogP contribution in [-0.2, 0) is 35.0 Å². The zero-order valence-corrected chi connectivity index (χ0v) is 36.8. The normalized spacial score (nSPS) is 24.6. The molecule has 66 heavy (non-hydrogen) atoms. The molecule has 0 bridgehead atoms. The van der Waals surface area contributed by atoms with Crippen molar-refractivity contribution >= 4 is 29.8 Å². The Kier molecular flexibility index (Phi) is 14.3. The lowest BCUT2D eigenvalue weighted by Gasteiger charge is -2.44. The zero-order chi connectivity index (χ0) is 46.2. The number of nitrogens with one attached hydrogen (secondary N) is 1. The number of allylic oxidation sites excluding steroid dienone is 2. The number of hydrogen-bond donors (Lipinski definition) is 1. The summed E-state index contributed by atoms with van der Waals surface area (Å²) in [6.07, 6.45) is 0.457. The van der Waals surface area contributed by atoms with Gasteiger partial charge in [0.2, 0.25) is 5.91 Å². The molecule has 1 aromatic heterocycles. The highest BCUT2D eigenvalue weighted by molar-refractivity contribution is 5.93.